The van der Waals surface area contributed by atoms with Crippen LogP contribution in [0.1, 0.15) is 18.4 Å². The Kier molecular flexibility index (Phi) is 6.41. The van der Waals surface area contributed by atoms with Gasteiger partial charge in [-0.25, -0.2) is 4.98 Å². The average molecular weight is 444 g/mol. The Morgan fingerprint density at radius 1 is 1.33 bits per heavy atom. The van der Waals surface area contributed by atoms with Crippen molar-refractivity contribution in [1.29, 1.82) is 0 Å². The molecule has 4 rings (SSSR count). The number of amides is 1. The van der Waals surface area contributed by atoms with E-state index in [4.69, 9.17) is 16.3 Å². The predicted octanol–water partition coefficient (Wildman–Crippen LogP) is 3.73. The second-order valence-corrected chi connectivity index (χ2v) is 8.56. The lowest BCUT2D eigenvalue weighted by Gasteiger charge is -2.14. The van der Waals surface area contributed by atoms with Crippen LogP contribution >= 0.6 is 23.4 Å². The lowest BCUT2D eigenvalue weighted by molar-refractivity contribution is -0.119. The van der Waals surface area contributed by atoms with E-state index in [0.717, 1.165) is 25.0 Å². The van der Waals surface area contributed by atoms with E-state index in [-0.39, 0.29) is 23.3 Å². The molecule has 1 amide bonds. The highest BCUT2D eigenvalue weighted by Gasteiger charge is 2.18. The molecular weight excluding hydrogens is 422 g/mol. The van der Waals surface area contributed by atoms with E-state index in [1.54, 1.807) is 18.2 Å². The number of para-hydroxylation sites is 1. The Balaban J connectivity index is 1.63. The van der Waals surface area contributed by atoms with Crippen LogP contribution in [0.15, 0.2) is 52.4 Å². The number of aryl methyl sites for hydroxylation is 1. The van der Waals surface area contributed by atoms with Crippen LogP contribution in [-0.2, 0) is 9.53 Å². The molecule has 0 aliphatic carbocycles. The quantitative estimate of drug-likeness (QED) is 0.464. The minimum absolute atomic E-state index is 0.0885. The molecule has 2 heterocycles. The molecule has 1 N–H and O–H groups in total. The molecule has 1 saturated heterocycles. The lowest BCUT2D eigenvalue weighted by Crippen LogP contribution is -2.33. The number of halogens is 1. The second-order valence-electron chi connectivity index (χ2n) is 7.21. The van der Waals surface area contributed by atoms with Crippen LogP contribution in [0.5, 0.6) is 0 Å². The largest absolute Gasteiger partial charge is 0.376 e. The van der Waals surface area contributed by atoms with Gasteiger partial charge in [-0.2, -0.15) is 0 Å². The maximum atomic E-state index is 13.2. The third-order valence-corrected chi connectivity index (χ3v) is 6.39. The molecule has 1 fully saturated rings. The van der Waals surface area contributed by atoms with E-state index in [1.165, 1.54) is 16.3 Å². The molecule has 1 atom stereocenters. The van der Waals surface area contributed by atoms with Gasteiger partial charge in [-0.05, 0) is 49.6 Å². The molecule has 0 bridgehead atoms. The zero-order valence-electron chi connectivity index (χ0n) is 16.6. The molecule has 1 unspecified atom stereocenters. The van der Waals surface area contributed by atoms with Gasteiger partial charge >= 0.3 is 0 Å². The number of nitrogens with one attached hydrogen (secondary N) is 1. The van der Waals surface area contributed by atoms with Gasteiger partial charge < -0.3 is 10.1 Å². The first kappa shape index (κ1) is 20.9. The van der Waals surface area contributed by atoms with Crippen molar-refractivity contribution in [3.05, 3.63) is 63.4 Å². The van der Waals surface area contributed by atoms with E-state index >= 15 is 0 Å². The van der Waals surface area contributed by atoms with Crippen LogP contribution in [0.4, 0.5) is 0 Å². The zero-order valence-corrected chi connectivity index (χ0v) is 18.1. The number of benzene rings is 2. The van der Waals surface area contributed by atoms with Gasteiger partial charge in [-0.1, -0.05) is 41.6 Å². The number of nitrogens with zero attached hydrogens (tertiary/aromatic N) is 2. The molecular formula is C22H22ClN3O3S. The molecule has 2 aromatic carbocycles. The summed E-state index contributed by atoms with van der Waals surface area (Å²) in [5.74, 6) is 0.0308. The van der Waals surface area contributed by atoms with Gasteiger partial charge in [0.25, 0.3) is 5.56 Å². The highest BCUT2D eigenvalue weighted by molar-refractivity contribution is 7.99. The summed E-state index contributed by atoms with van der Waals surface area (Å²) in [5.41, 5.74) is 1.95. The third kappa shape index (κ3) is 4.53. The molecule has 6 nitrogen and oxygen atoms in total. The number of hydrogen-bond acceptors (Lipinski definition) is 5. The summed E-state index contributed by atoms with van der Waals surface area (Å²) in [7, 11) is 0. The Labute approximate surface area is 183 Å². The molecule has 1 aromatic heterocycles. The first-order valence-electron chi connectivity index (χ1n) is 9.82. The molecule has 0 saturated carbocycles. The summed E-state index contributed by atoms with van der Waals surface area (Å²) < 4.78 is 7.06. The minimum Gasteiger partial charge on any atom is -0.376 e. The topological polar surface area (TPSA) is 73.2 Å². The van der Waals surface area contributed by atoms with Crippen molar-refractivity contribution in [1.82, 2.24) is 14.9 Å². The fourth-order valence-corrected chi connectivity index (χ4v) is 4.39. The fourth-order valence-electron chi connectivity index (χ4n) is 3.37. The normalized spacial score (nSPS) is 16.1. The molecule has 3 aromatic rings. The molecule has 30 heavy (non-hydrogen) atoms. The summed E-state index contributed by atoms with van der Waals surface area (Å²) in [6.07, 6.45) is 2.08. The van der Waals surface area contributed by atoms with Gasteiger partial charge in [0.2, 0.25) is 5.91 Å². The Morgan fingerprint density at radius 3 is 2.93 bits per heavy atom. The van der Waals surface area contributed by atoms with Crippen LogP contribution in [0.25, 0.3) is 16.6 Å². The number of aromatic nitrogens is 2. The number of rotatable bonds is 6. The maximum Gasteiger partial charge on any atom is 0.266 e. The number of carbonyl (C=O) groups is 1. The van der Waals surface area contributed by atoms with Crippen LogP contribution in [0.3, 0.4) is 0 Å². The third-order valence-electron chi connectivity index (χ3n) is 5.04. The highest BCUT2D eigenvalue weighted by atomic mass is 35.5. The minimum atomic E-state index is -0.192. The number of ether oxygens (including phenoxy) is 1. The van der Waals surface area contributed by atoms with Crippen LogP contribution in [0.2, 0.25) is 5.02 Å². The monoisotopic (exact) mass is 443 g/mol. The molecule has 156 valence electrons. The Bertz CT molecular complexity index is 1140. The summed E-state index contributed by atoms with van der Waals surface area (Å²) in [5, 5.41) is 4.43. The second kappa shape index (κ2) is 9.20. The van der Waals surface area contributed by atoms with Gasteiger partial charge in [0.15, 0.2) is 5.16 Å². The van der Waals surface area contributed by atoms with Crippen molar-refractivity contribution in [2.24, 2.45) is 0 Å². The standard InChI is InChI=1S/C22H22ClN3O3S/c1-14-8-9-15(11-18(14)23)26-21(28)17-6-2-3-7-19(17)25-22(26)30-13-20(27)24-12-16-5-4-10-29-16/h2-3,6-9,11,16H,4-5,10,12-13H2,1H3,(H,24,27). The van der Waals surface area contributed by atoms with Crippen molar-refractivity contribution >= 4 is 40.2 Å². The van der Waals surface area contributed by atoms with E-state index in [0.29, 0.717) is 33.3 Å². The lowest BCUT2D eigenvalue weighted by atomic mass is 10.2. The summed E-state index contributed by atoms with van der Waals surface area (Å²) in [6, 6.07) is 12.6. The van der Waals surface area contributed by atoms with Crippen LogP contribution < -0.4 is 10.9 Å². The zero-order chi connectivity index (χ0) is 21.1. The summed E-state index contributed by atoms with van der Waals surface area (Å²) >= 11 is 7.53. The SMILES string of the molecule is Cc1ccc(-n2c(SCC(=O)NCC3CCCO3)nc3ccccc3c2=O)cc1Cl. The molecule has 0 spiro atoms. The van der Waals surface area contributed by atoms with Gasteiger partial charge in [0, 0.05) is 18.2 Å². The van der Waals surface area contributed by atoms with E-state index in [1.807, 2.05) is 31.2 Å². The average Bonchev–Trinajstić information content (AvgIpc) is 3.27. The van der Waals surface area contributed by atoms with Crippen molar-refractivity contribution in [2.75, 3.05) is 18.9 Å². The molecule has 8 heteroatoms. The van der Waals surface area contributed by atoms with Crippen molar-refractivity contribution in [2.45, 2.75) is 31.0 Å². The number of fused-ring (bicyclic) bond motifs is 1. The van der Waals surface area contributed by atoms with E-state index < -0.39 is 0 Å². The van der Waals surface area contributed by atoms with E-state index in [2.05, 4.69) is 10.3 Å². The fraction of sp³-hybridized carbons (Fsp3) is 0.318. The van der Waals surface area contributed by atoms with Gasteiger partial charge in [0.05, 0.1) is 28.4 Å². The number of hydrogen-bond donors (Lipinski definition) is 1. The van der Waals surface area contributed by atoms with Crippen molar-refractivity contribution < 1.29 is 9.53 Å². The summed E-state index contributed by atoms with van der Waals surface area (Å²) in [4.78, 5) is 30.2. The predicted molar refractivity (Wildman–Crippen MR) is 120 cm³/mol. The Hall–Kier alpha value is -2.35. The van der Waals surface area contributed by atoms with Crippen molar-refractivity contribution in [3.63, 3.8) is 0 Å². The number of carbonyl (C=O) groups excluding carboxylic acids is 1. The molecule has 0 radical (unpaired) electrons. The number of thioether (sulfide) groups is 1. The van der Waals surface area contributed by atoms with E-state index in [9.17, 15) is 9.59 Å². The molecule has 1 aliphatic heterocycles. The maximum absolute atomic E-state index is 13.2. The van der Waals surface area contributed by atoms with Crippen LogP contribution in [-0.4, -0.2) is 40.5 Å². The van der Waals surface area contributed by atoms with Crippen LogP contribution in [0, 0.1) is 6.92 Å². The first-order valence-corrected chi connectivity index (χ1v) is 11.2. The molecule has 1 aliphatic rings. The van der Waals surface area contributed by atoms with Gasteiger partial charge in [-0.3, -0.25) is 14.2 Å². The first-order chi connectivity index (χ1) is 14.5. The van der Waals surface area contributed by atoms with Gasteiger partial charge in [0.1, 0.15) is 0 Å². The van der Waals surface area contributed by atoms with Crippen molar-refractivity contribution in [3.8, 4) is 5.69 Å². The smallest absolute Gasteiger partial charge is 0.266 e. The Morgan fingerprint density at radius 2 is 2.17 bits per heavy atom. The van der Waals surface area contributed by atoms with Gasteiger partial charge in [-0.15, -0.1) is 0 Å². The highest BCUT2D eigenvalue weighted by Crippen LogP contribution is 2.24. The summed E-state index contributed by atoms with van der Waals surface area (Å²) in [6.45, 7) is 3.16.